The summed E-state index contributed by atoms with van der Waals surface area (Å²) in [6.07, 6.45) is 1.04. The van der Waals surface area contributed by atoms with E-state index in [1.54, 1.807) is 12.1 Å². The maximum Gasteiger partial charge on any atom is 0.258 e. The molecule has 2 heterocycles. The van der Waals surface area contributed by atoms with E-state index in [0.29, 0.717) is 35.4 Å². The van der Waals surface area contributed by atoms with Crippen molar-refractivity contribution in [2.75, 3.05) is 11.1 Å². The van der Waals surface area contributed by atoms with Crippen LogP contribution in [0.1, 0.15) is 43.7 Å². The van der Waals surface area contributed by atoms with E-state index in [0.717, 1.165) is 5.70 Å². The summed E-state index contributed by atoms with van der Waals surface area (Å²) in [4.78, 5) is 32.3. The van der Waals surface area contributed by atoms with Gasteiger partial charge in [-0.05, 0) is 29.5 Å². The monoisotopic (exact) mass is 354 g/mol. The summed E-state index contributed by atoms with van der Waals surface area (Å²) < 4.78 is 13.4. The number of allylic oxidation sites excluding steroid dienone is 2. The number of halogens is 1. The van der Waals surface area contributed by atoms with Gasteiger partial charge in [-0.1, -0.05) is 26.0 Å². The van der Waals surface area contributed by atoms with Crippen molar-refractivity contribution < 1.29 is 9.18 Å². The zero-order chi connectivity index (χ0) is 18.6. The number of nitrogens with two attached hydrogens (primary N) is 1. The fraction of sp³-hybridized carbons (Fsp3) is 0.316. The van der Waals surface area contributed by atoms with Crippen LogP contribution in [0.5, 0.6) is 0 Å². The highest BCUT2D eigenvalue weighted by Crippen LogP contribution is 2.47. The molecule has 1 aliphatic carbocycles. The van der Waals surface area contributed by atoms with Crippen molar-refractivity contribution in [2.45, 2.75) is 32.6 Å². The van der Waals surface area contributed by atoms with Crippen LogP contribution in [0, 0.1) is 11.2 Å². The molecule has 0 unspecified atom stereocenters. The number of Topliss-reactive ketones (excluding diaryl/α,β-unsaturated/α-hetero) is 1. The molecule has 0 bridgehead atoms. The average Bonchev–Trinajstić information content (AvgIpc) is 2.52. The third kappa shape index (κ3) is 2.60. The topological polar surface area (TPSA) is 101 Å². The van der Waals surface area contributed by atoms with E-state index >= 15 is 0 Å². The summed E-state index contributed by atoms with van der Waals surface area (Å²) in [5.41, 5.74) is 7.41. The van der Waals surface area contributed by atoms with Gasteiger partial charge in [0, 0.05) is 23.6 Å². The molecule has 0 spiro atoms. The Morgan fingerprint density at radius 1 is 1.19 bits per heavy atom. The largest absolute Gasteiger partial charge is 0.369 e. The van der Waals surface area contributed by atoms with Crippen LogP contribution >= 0.6 is 0 Å². The standard InChI is InChI=1S/C19H19FN4O2/c1-19(2)7-11-14(12(25)8-19)13(9-3-5-10(20)6-4-9)15-16(22-11)23-18(21)24-17(15)26/h3-6,13H,7-8H2,1-2H3,(H4,21,22,23,24,26)/t13-/m1/s1. The summed E-state index contributed by atoms with van der Waals surface area (Å²) >= 11 is 0. The molecule has 2 aromatic rings. The number of nitrogen functional groups attached to an aromatic ring is 1. The molecular weight excluding hydrogens is 335 g/mol. The predicted molar refractivity (Wildman–Crippen MR) is 96.2 cm³/mol. The normalized spacial score (nSPS) is 21.0. The van der Waals surface area contributed by atoms with Crippen molar-refractivity contribution in [3.05, 3.63) is 62.8 Å². The van der Waals surface area contributed by atoms with E-state index in [9.17, 15) is 14.0 Å². The molecule has 0 saturated heterocycles. The zero-order valence-electron chi connectivity index (χ0n) is 14.5. The Morgan fingerprint density at radius 2 is 1.88 bits per heavy atom. The summed E-state index contributed by atoms with van der Waals surface area (Å²) in [6, 6.07) is 5.85. The molecule has 7 heteroatoms. The summed E-state index contributed by atoms with van der Waals surface area (Å²) in [5, 5.41) is 3.15. The van der Waals surface area contributed by atoms with Crippen LogP contribution in [0.4, 0.5) is 16.2 Å². The molecule has 0 radical (unpaired) electrons. The van der Waals surface area contributed by atoms with Gasteiger partial charge in [0.2, 0.25) is 5.95 Å². The Bertz CT molecular complexity index is 1010. The van der Waals surface area contributed by atoms with Crippen molar-refractivity contribution in [1.29, 1.82) is 0 Å². The smallest absolute Gasteiger partial charge is 0.258 e. The number of carbonyl (C=O) groups is 1. The third-order valence-electron chi connectivity index (χ3n) is 4.94. The number of benzene rings is 1. The maximum absolute atomic E-state index is 13.4. The quantitative estimate of drug-likeness (QED) is 0.731. The van der Waals surface area contributed by atoms with E-state index < -0.39 is 11.5 Å². The molecule has 1 aromatic heterocycles. The van der Waals surface area contributed by atoms with Gasteiger partial charge in [0.25, 0.3) is 5.56 Å². The Labute approximate surface area is 149 Å². The van der Waals surface area contributed by atoms with Gasteiger partial charge in [-0.3, -0.25) is 14.6 Å². The van der Waals surface area contributed by atoms with Crippen molar-refractivity contribution in [1.82, 2.24) is 9.97 Å². The highest BCUT2D eigenvalue weighted by Gasteiger charge is 2.42. The van der Waals surface area contributed by atoms with Gasteiger partial charge in [0.15, 0.2) is 5.78 Å². The van der Waals surface area contributed by atoms with Gasteiger partial charge >= 0.3 is 0 Å². The van der Waals surface area contributed by atoms with E-state index in [2.05, 4.69) is 15.3 Å². The SMILES string of the molecule is CC1(C)CC(=O)C2=C(C1)Nc1nc(N)[nH]c(=O)c1[C@@H]2c1ccc(F)cc1. The Hall–Kier alpha value is -2.96. The number of rotatable bonds is 1. The number of aromatic nitrogens is 2. The first-order valence-electron chi connectivity index (χ1n) is 8.43. The van der Waals surface area contributed by atoms with E-state index in [-0.39, 0.29) is 23.0 Å². The first-order chi connectivity index (χ1) is 12.2. The van der Waals surface area contributed by atoms with E-state index in [1.807, 2.05) is 13.8 Å². The fourth-order valence-electron chi connectivity index (χ4n) is 3.92. The van der Waals surface area contributed by atoms with Gasteiger partial charge in [0.1, 0.15) is 11.6 Å². The molecule has 4 N–H and O–H groups in total. The van der Waals surface area contributed by atoms with Gasteiger partial charge < -0.3 is 11.1 Å². The van der Waals surface area contributed by atoms with Crippen molar-refractivity contribution in [3.63, 3.8) is 0 Å². The second-order valence-corrected chi connectivity index (χ2v) is 7.66. The molecule has 4 rings (SSSR count). The van der Waals surface area contributed by atoms with E-state index in [1.165, 1.54) is 12.1 Å². The fourth-order valence-corrected chi connectivity index (χ4v) is 3.92. The van der Waals surface area contributed by atoms with Crippen molar-refractivity contribution in [2.24, 2.45) is 5.41 Å². The molecule has 1 atom stereocenters. The molecule has 0 saturated carbocycles. The number of ketones is 1. The first kappa shape index (κ1) is 16.5. The third-order valence-corrected chi connectivity index (χ3v) is 4.94. The Balaban J connectivity index is 1.99. The molecule has 0 fully saturated rings. The van der Waals surface area contributed by atoms with Crippen LogP contribution in [-0.2, 0) is 4.79 Å². The van der Waals surface area contributed by atoms with Gasteiger partial charge in [0.05, 0.1) is 5.56 Å². The number of hydrogen-bond acceptors (Lipinski definition) is 5. The molecule has 1 aromatic carbocycles. The number of fused-ring (bicyclic) bond motifs is 1. The molecule has 2 aliphatic rings. The molecular formula is C19H19FN4O2. The number of nitrogens with one attached hydrogen (secondary N) is 2. The molecule has 134 valence electrons. The van der Waals surface area contributed by atoms with Crippen molar-refractivity contribution in [3.8, 4) is 0 Å². The van der Waals surface area contributed by atoms with Crippen LogP contribution in [0.25, 0.3) is 0 Å². The van der Waals surface area contributed by atoms with Gasteiger partial charge in [-0.15, -0.1) is 0 Å². The second kappa shape index (κ2) is 5.52. The highest BCUT2D eigenvalue weighted by atomic mass is 19.1. The zero-order valence-corrected chi connectivity index (χ0v) is 14.5. The summed E-state index contributed by atoms with van der Waals surface area (Å²) in [5.74, 6) is -0.630. The lowest BCUT2D eigenvalue weighted by atomic mass is 9.69. The summed E-state index contributed by atoms with van der Waals surface area (Å²) in [6.45, 7) is 4.05. The minimum absolute atomic E-state index is 0.00422. The van der Waals surface area contributed by atoms with Crippen LogP contribution in [0.3, 0.4) is 0 Å². The second-order valence-electron chi connectivity index (χ2n) is 7.66. The molecule has 1 aliphatic heterocycles. The van der Waals surface area contributed by atoms with Crippen LogP contribution < -0.4 is 16.6 Å². The van der Waals surface area contributed by atoms with Gasteiger partial charge in [-0.25, -0.2) is 4.39 Å². The number of carbonyl (C=O) groups excluding carboxylic acids is 1. The number of aromatic amines is 1. The minimum Gasteiger partial charge on any atom is -0.369 e. The average molecular weight is 354 g/mol. The van der Waals surface area contributed by atoms with Crippen LogP contribution in [-0.4, -0.2) is 15.8 Å². The van der Waals surface area contributed by atoms with Crippen molar-refractivity contribution >= 4 is 17.5 Å². The predicted octanol–water partition coefficient (Wildman–Crippen LogP) is 2.69. The lowest BCUT2D eigenvalue weighted by molar-refractivity contribution is -0.118. The molecule has 6 nitrogen and oxygen atoms in total. The molecule has 26 heavy (non-hydrogen) atoms. The number of nitrogens with zero attached hydrogens (tertiary/aromatic N) is 1. The van der Waals surface area contributed by atoms with Crippen LogP contribution in [0.2, 0.25) is 0 Å². The maximum atomic E-state index is 13.4. The lowest BCUT2D eigenvalue weighted by Crippen LogP contribution is -2.37. The minimum atomic E-state index is -0.595. The first-order valence-corrected chi connectivity index (χ1v) is 8.43. The molecule has 0 amide bonds. The van der Waals surface area contributed by atoms with E-state index in [4.69, 9.17) is 5.73 Å². The van der Waals surface area contributed by atoms with Gasteiger partial charge in [-0.2, -0.15) is 4.98 Å². The highest BCUT2D eigenvalue weighted by molar-refractivity contribution is 6.01. The number of anilines is 2. The Kier molecular flexibility index (Phi) is 3.50. The summed E-state index contributed by atoms with van der Waals surface area (Å²) in [7, 11) is 0. The number of H-pyrrole nitrogens is 1. The Morgan fingerprint density at radius 3 is 2.58 bits per heavy atom. The van der Waals surface area contributed by atoms with Crippen LogP contribution in [0.15, 0.2) is 40.3 Å². The number of hydrogen-bond donors (Lipinski definition) is 3. The lowest BCUT2D eigenvalue weighted by Gasteiger charge is -2.38.